The summed E-state index contributed by atoms with van der Waals surface area (Å²) in [6.45, 7) is 3.36. The molecule has 6 nitrogen and oxygen atoms in total. The summed E-state index contributed by atoms with van der Waals surface area (Å²) in [6.07, 6.45) is 3.61. The molecule has 3 aromatic carbocycles. The van der Waals surface area contributed by atoms with Gasteiger partial charge in [0, 0.05) is 22.7 Å². The molecule has 1 saturated heterocycles. The minimum atomic E-state index is -0.988. The molecule has 0 aromatic heterocycles. The summed E-state index contributed by atoms with van der Waals surface area (Å²) in [6, 6.07) is 18.8. The third-order valence-corrected chi connectivity index (χ3v) is 7.95. The number of carbonyl (C=O) groups excluding carboxylic acids is 1. The van der Waals surface area contributed by atoms with Gasteiger partial charge in [-0.1, -0.05) is 91.0 Å². The second-order valence-corrected chi connectivity index (χ2v) is 11.1. The van der Waals surface area contributed by atoms with Crippen molar-refractivity contribution in [1.29, 1.82) is 0 Å². The zero-order chi connectivity index (χ0) is 28.6. The predicted octanol–water partition coefficient (Wildman–Crippen LogP) is 7.73. The maximum absolute atomic E-state index is 13.6. The van der Waals surface area contributed by atoms with E-state index in [0.29, 0.717) is 51.4 Å². The van der Waals surface area contributed by atoms with E-state index in [0.717, 1.165) is 36.9 Å². The highest BCUT2D eigenvalue weighted by molar-refractivity contribution is 6.42. The van der Waals surface area contributed by atoms with Crippen LogP contribution in [0.1, 0.15) is 55.7 Å². The number of amides is 1. The SMILES string of the molecule is CCCC[C@H](N=C(c1ccccc1)c1cc(Cl)ccc1NC(=O)[C@@H]1CCCN1Cc1ccc(Cl)c(Cl)c1)C(=O)O. The van der Waals surface area contributed by atoms with Crippen molar-refractivity contribution in [3.63, 3.8) is 0 Å². The molecule has 0 saturated carbocycles. The van der Waals surface area contributed by atoms with E-state index in [1.165, 1.54) is 0 Å². The minimum absolute atomic E-state index is 0.144. The fraction of sp³-hybridized carbons (Fsp3) is 0.323. The van der Waals surface area contributed by atoms with E-state index < -0.39 is 12.0 Å². The lowest BCUT2D eigenvalue weighted by atomic mass is 9.99. The molecule has 1 aliphatic heterocycles. The average molecular weight is 601 g/mol. The molecule has 0 unspecified atom stereocenters. The monoisotopic (exact) mass is 599 g/mol. The van der Waals surface area contributed by atoms with Crippen molar-refractivity contribution < 1.29 is 14.7 Å². The van der Waals surface area contributed by atoms with Gasteiger partial charge in [-0.2, -0.15) is 0 Å². The summed E-state index contributed by atoms with van der Waals surface area (Å²) in [5.74, 6) is -1.13. The molecule has 40 heavy (non-hydrogen) atoms. The summed E-state index contributed by atoms with van der Waals surface area (Å²) < 4.78 is 0. The number of carboxylic acids is 1. The van der Waals surface area contributed by atoms with Gasteiger partial charge in [-0.05, 0) is 61.7 Å². The van der Waals surface area contributed by atoms with Gasteiger partial charge in [0.05, 0.1) is 27.5 Å². The lowest BCUT2D eigenvalue weighted by molar-refractivity contribution is -0.138. The number of nitrogens with one attached hydrogen (secondary N) is 1. The molecule has 210 valence electrons. The van der Waals surface area contributed by atoms with E-state index in [2.05, 4.69) is 10.2 Å². The first-order valence-electron chi connectivity index (χ1n) is 13.4. The van der Waals surface area contributed by atoms with Crippen molar-refractivity contribution in [3.8, 4) is 0 Å². The largest absolute Gasteiger partial charge is 0.480 e. The van der Waals surface area contributed by atoms with Crippen molar-refractivity contribution in [2.24, 2.45) is 4.99 Å². The molecule has 0 aliphatic carbocycles. The van der Waals surface area contributed by atoms with Crippen LogP contribution in [0.5, 0.6) is 0 Å². The number of likely N-dealkylation sites (tertiary alicyclic amines) is 1. The van der Waals surface area contributed by atoms with Crippen LogP contribution in [-0.2, 0) is 16.1 Å². The van der Waals surface area contributed by atoms with E-state index in [9.17, 15) is 14.7 Å². The molecule has 0 spiro atoms. The number of anilines is 1. The molecule has 2 atom stereocenters. The van der Waals surface area contributed by atoms with Crippen LogP contribution in [-0.4, -0.2) is 46.2 Å². The highest BCUT2D eigenvalue weighted by Crippen LogP contribution is 2.29. The molecule has 4 rings (SSSR count). The lowest BCUT2D eigenvalue weighted by Crippen LogP contribution is -2.39. The molecular weight excluding hydrogens is 569 g/mol. The van der Waals surface area contributed by atoms with Crippen LogP contribution >= 0.6 is 34.8 Å². The third-order valence-electron chi connectivity index (χ3n) is 6.98. The highest BCUT2D eigenvalue weighted by Gasteiger charge is 2.31. The van der Waals surface area contributed by atoms with Crippen LogP contribution in [0.15, 0.2) is 71.7 Å². The Morgan fingerprint density at radius 2 is 1.82 bits per heavy atom. The number of unbranched alkanes of at least 4 members (excludes halogenated alkanes) is 1. The number of hydrogen-bond acceptors (Lipinski definition) is 4. The summed E-state index contributed by atoms with van der Waals surface area (Å²) in [4.78, 5) is 32.6. The number of aliphatic imine (C=N–C) groups is 1. The second-order valence-electron chi connectivity index (χ2n) is 9.90. The van der Waals surface area contributed by atoms with Gasteiger partial charge in [0.25, 0.3) is 0 Å². The molecule has 2 N–H and O–H groups in total. The number of hydrogen-bond donors (Lipinski definition) is 2. The Kier molecular flexibility index (Phi) is 10.6. The van der Waals surface area contributed by atoms with E-state index >= 15 is 0 Å². The molecule has 0 radical (unpaired) electrons. The fourth-order valence-corrected chi connectivity index (χ4v) is 5.41. The molecule has 1 fully saturated rings. The van der Waals surface area contributed by atoms with E-state index in [4.69, 9.17) is 39.8 Å². The van der Waals surface area contributed by atoms with Gasteiger partial charge in [0.15, 0.2) is 0 Å². The van der Waals surface area contributed by atoms with Crippen molar-refractivity contribution in [3.05, 3.63) is 98.5 Å². The maximum atomic E-state index is 13.6. The first kappa shape index (κ1) is 30.1. The van der Waals surface area contributed by atoms with Crippen molar-refractivity contribution >= 4 is 58.1 Å². The van der Waals surface area contributed by atoms with Crippen LogP contribution in [0.4, 0.5) is 5.69 Å². The van der Waals surface area contributed by atoms with Crippen molar-refractivity contribution in [1.82, 2.24) is 4.90 Å². The van der Waals surface area contributed by atoms with Crippen LogP contribution in [0.25, 0.3) is 0 Å². The summed E-state index contributed by atoms with van der Waals surface area (Å²) >= 11 is 18.7. The van der Waals surface area contributed by atoms with Gasteiger partial charge >= 0.3 is 5.97 Å². The Labute approximate surface area is 250 Å². The van der Waals surface area contributed by atoms with Crippen molar-refractivity contribution in [2.75, 3.05) is 11.9 Å². The van der Waals surface area contributed by atoms with E-state index in [-0.39, 0.29) is 11.9 Å². The molecule has 3 aromatic rings. The van der Waals surface area contributed by atoms with Gasteiger partial charge in [-0.3, -0.25) is 14.7 Å². The Hall–Kier alpha value is -2.90. The van der Waals surface area contributed by atoms with Gasteiger partial charge in [0.1, 0.15) is 6.04 Å². The summed E-state index contributed by atoms with van der Waals surface area (Å²) in [5.41, 5.74) is 3.29. The number of aliphatic carboxylic acids is 1. The Bertz CT molecular complexity index is 1380. The van der Waals surface area contributed by atoms with Crippen molar-refractivity contribution in [2.45, 2.75) is 57.7 Å². The first-order valence-corrected chi connectivity index (χ1v) is 14.5. The summed E-state index contributed by atoms with van der Waals surface area (Å²) in [7, 11) is 0. The predicted molar refractivity (Wildman–Crippen MR) is 163 cm³/mol. The van der Waals surface area contributed by atoms with Gasteiger partial charge in [0.2, 0.25) is 5.91 Å². The van der Waals surface area contributed by atoms with Gasteiger partial charge in [-0.25, -0.2) is 4.79 Å². The van der Waals surface area contributed by atoms with Crippen LogP contribution in [0, 0.1) is 0 Å². The molecule has 0 bridgehead atoms. The Morgan fingerprint density at radius 1 is 1.05 bits per heavy atom. The Balaban J connectivity index is 1.65. The second kappa shape index (κ2) is 14.1. The number of nitrogens with zero attached hydrogens (tertiary/aromatic N) is 2. The van der Waals surface area contributed by atoms with Crippen LogP contribution in [0.2, 0.25) is 15.1 Å². The number of carbonyl (C=O) groups is 2. The topological polar surface area (TPSA) is 82.0 Å². The van der Waals surface area contributed by atoms with E-state index in [1.807, 2.05) is 49.4 Å². The highest BCUT2D eigenvalue weighted by atomic mass is 35.5. The number of halogens is 3. The van der Waals surface area contributed by atoms with Gasteiger partial charge < -0.3 is 10.4 Å². The normalized spacial score (nSPS) is 16.6. The lowest BCUT2D eigenvalue weighted by Gasteiger charge is -2.25. The first-order chi connectivity index (χ1) is 19.3. The molecule has 1 heterocycles. The maximum Gasteiger partial charge on any atom is 0.328 e. The average Bonchev–Trinajstić information content (AvgIpc) is 3.40. The summed E-state index contributed by atoms with van der Waals surface area (Å²) in [5, 5.41) is 14.4. The standard InChI is InChI=1S/C31H32Cl3N3O3/c1-2-3-10-27(31(39)40)35-29(21-8-5-4-6-9-21)23-18-22(32)13-15-26(23)36-30(38)28-11-7-16-37(28)19-20-12-14-24(33)25(34)17-20/h4-6,8-9,12-15,17-18,27-28H,2-3,7,10-11,16,19H2,1H3,(H,36,38)(H,39,40)/t27-,28-/m0/s1. The molecule has 9 heteroatoms. The quantitative estimate of drug-likeness (QED) is 0.221. The molecule has 1 amide bonds. The number of benzene rings is 3. The number of rotatable bonds is 11. The van der Waals surface area contributed by atoms with Gasteiger partial charge in [-0.15, -0.1) is 0 Å². The zero-order valence-electron chi connectivity index (χ0n) is 22.2. The van der Waals surface area contributed by atoms with E-state index in [1.54, 1.807) is 24.3 Å². The fourth-order valence-electron chi connectivity index (χ4n) is 4.91. The van der Waals surface area contributed by atoms with Crippen LogP contribution in [0.3, 0.4) is 0 Å². The Morgan fingerprint density at radius 3 is 2.52 bits per heavy atom. The minimum Gasteiger partial charge on any atom is -0.480 e. The van der Waals surface area contributed by atoms with Crippen LogP contribution < -0.4 is 5.32 Å². The third kappa shape index (κ3) is 7.64. The smallest absolute Gasteiger partial charge is 0.328 e. The number of carboxylic acid groups (broad SMARTS) is 1. The zero-order valence-corrected chi connectivity index (χ0v) is 24.5. The molecule has 1 aliphatic rings. The molecular formula is C31H32Cl3N3O3.